The minimum absolute atomic E-state index is 0.223. The van der Waals surface area contributed by atoms with Gasteiger partial charge in [0.1, 0.15) is 23.4 Å². The molecule has 0 spiro atoms. The molecule has 2 aliphatic rings. The molecule has 1 amide bonds. The molecule has 3 aromatic rings. The summed E-state index contributed by atoms with van der Waals surface area (Å²) in [7, 11) is 0. The Morgan fingerprint density at radius 3 is 2.23 bits per heavy atom. The Hall–Kier alpha value is -3.34. The fourth-order valence-electron chi connectivity index (χ4n) is 5.18. The average molecular weight is 474 g/mol. The Balaban J connectivity index is 1.45. The van der Waals surface area contributed by atoms with Crippen molar-refractivity contribution in [2.45, 2.75) is 71.0 Å². The van der Waals surface area contributed by atoms with Crippen LogP contribution < -0.4 is 15.2 Å². The fourth-order valence-corrected chi connectivity index (χ4v) is 5.18. The van der Waals surface area contributed by atoms with E-state index in [2.05, 4.69) is 12.1 Å². The summed E-state index contributed by atoms with van der Waals surface area (Å²) in [6, 6.07) is 15.5. The number of primary amides is 1. The van der Waals surface area contributed by atoms with E-state index in [9.17, 15) is 4.79 Å². The van der Waals surface area contributed by atoms with E-state index in [0.29, 0.717) is 17.2 Å². The highest BCUT2D eigenvalue weighted by molar-refractivity contribution is 5.83. The van der Waals surface area contributed by atoms with Crippen LogP contribution in [-0.2, 0) is 11.2 Å². The van der Waals surface area contributed by atoms with Crippen molar-refractivity contribution in [3.8, 4) is 22.6 Å². The van der Waals surface area contributed by atoms with E-state index in [1.165, 1.54) is 18.4 Å². The molecule has 35 heavy (non-hydrogen) atoms. The maximum absolute atomic E-state index is 15.1. The summed E-state index contributed by atoms with van der Waals surface area (Å²) >= 11 is 0. The van der Waals surface area contributed by atoms with Crippen LogP contribution in [0.25, 0.3) is 11.1 Å². The molecule has 3 aromatic carbocycles. The van der Waals surface area contributed by atoms with Gasteiger partial charge < -0.3 is 15.2 Å². The molecular formula is C30H32FNO3. The lowest BCUT2D eigenvalue weighted by Gasteiger charge is -2.24. The van der Waals surface area contributed by atoms with Crippen LogP contribution in [0.4, 0.5) is 4.39 Å². The molecule has 0 heterocycles. The summed E-state index contributed by atoms with van der Waals surface area (Å²) in [6.07, 6.45) is 3.70. The Bertz CT molecular complexity index is 1270. The van der Waals surface area contributed by atoms with E-state index in [1.807, 2.05) is 44.2 Å². The van der Waals surface area contributed by atoms with Gasteiger partial charge in [-0.25, -0.2) is 4.39 Å². The van der Waals surface area contributed by atoms with Crippen molar-refractivity contribution in [3.05, 3.63) is 82.2 Å². The van der Waals surface area contributed by atoms with Crippen molar-refractivity contribution in [3.63, 3.8) is 0 Å². The number of carbonyl (C=O) groups is 1. The van der Waals surface area contributed by atoms with Crippen LogP contribution in [0, 0.1) is 19.7 Å². The second-order valence-corrected chi connectivity index (χ2v) is 10.4. The molecule has 2 aliphatic carbocycles. The lowest BCUT2D eigenvalue weighted by Crippen LogP contribution is -2.43. The average Bonchev–Trinajstić information content (AvgIpc) is 3.55. The molecule has 5 heteroatoms. The van der Waals surface area contributed by atoms with Gasteiger partial charge in [-0.3, -0.25) is 4.79 Å². The Labute approximate surface area is 206 Å². The summed E-state index contributed by atoms with van der Waals surface area (Å²) in [6.45, 7) is 7.32. The van der Waals surface area contributed by atoms with Crippen molar-refractivity contribution in [2.24, 2.45) is 5.73 Å². The van der Waals surface area contributed by atoms with Crippen molar-refractivity contribution in [2.75, 3.05) is 0 Å². The zero-order chi connectivity index (χ0) is 24.9. The standard InChI is InChI=1S/C30H32FNO3/c1-17-15-22(35-30(3,4)29(32)33)16-18(2)27(17)23-11-13-25(31)28-24(23)12-14-26(28)34-21-9-7-20(8-10-21)19-5-6-19/h7-11,13,15-16,19,26H,5-6,12,14H2,1-4H3,(H2,32,33). The third kappa shape index (κ3) is 4.52. The third-order valence-electron chi connectivity index (χ3n) is 7.23. The molecule has 182 valence electrons. The first-order valence-electron chi connectivity index (χ1n) is 12.3. The second kappa shape index (κ2) is 8.71. The highest BCUT2D eigenvalue weighted by atomic mass is 19.1. The number of benzene rings is 3. The SMILES string of the molecule is Cc1cc(OC(C)(C)C(N)=O)cc(C)c1-c1ccc(F)c2c1CCC2Oc1ccc(C2CC2)cc1. The van der Waals surface area contributed by atoms with Crippen molar-refractivity contribution in [1.29, 1.82) is 0 Å². The molecule has 0 aromatic heterocycles. The number of halogens is 1. The number of amides is 1. The zero-order valence-electron chi connectivity index (χ0n) is 20.8. The minimum Gasteiger partial charge on any atom is -0.486 e. The molecule has 0 radical (unpaired) electrons. The van der Waals surface area contributed by atoms with Crippen LogP contribution in [-0.4, -0.2) is 11.5 Å². The lowest BCUT2D eigenvalue weighted by atomic mass is 9.90. The lowest BCUT2D eigenvalue weighted by molar-refractivity contribution is -0.130. The summed E-state index contributed by atoms with van der Waals surface area (Å²) in [5, 5.41) is 0. The Morgan fingerprint density at radius 2 is 1.63 bits per heavy atom. The van der Waals surface area contributed by atoms with E-state index >= 15 is 4.39 Å². The number of hydrogen-bond acceptors (Lipinski definition) is 3. The van der Waals surface area contributed by atoms with Crippen molar-refractivity contribution >= 4 is 5.91 Å². The number of fused-ring (bicyclic) bond motifs is 1. The van der Waals surface area contributed by atoms with Gasteiger partial charge in [0.2, 0.25) is 0 Å². The smallest absolute Gasteiger partial charge is 0.261 e. The van der Waals surface area contributed by atoms with Gasteiger partial charge in [-0.15, -0.1) is 0 Å². The van der Waals surface area contributed by atoms with Crippen LogP contribution in [0.2, 0.25) is 0 Å². The zero-order valence-corrected chi connectivity index (χ0v) is 20.8. The maximum Gasteiger partial charge on any atom is 0.261 e. The number of nitrogens with two attached hydrogens (primary N) is 1. The van der Waals surface area contributed by atoms with Gasteiger partial charge >= 0.3 is 0 Å². The van der Waals surface area contributed by atoms with Gasteiger partial charge in [-0.05, 0) is 123 Å². The van der Waals surface area contributed by atoms with Gasteiger partial charge in [0.15, 0.2) is 5.60 Å². The number of aryl methyl sites for hydroxylation is 2. The first kappa shape index (κ1) is 23.4. The van der Waals surface area contributed by atoms with Gasteiger partial charge in [0.05, 0.1) is 0 Å². The van der Waals surface area contributed by atoms with E-state index < -0.39 is 11.5 Å². The number of ether oxygens (including phenoxy) is 2. The summed E-state index contributed by atoms with van der Waals surface area (Å²) < 4.78 is 27.3. The van der Waals surface area contributed by atoms with Crippen LogP contribution in [0.15, 0.2) is 48.5 Å². The highest BCUT2D eigenvalue weighted by Crippen LogP contribution is 2.44. The van der Waals surface area contributed by atoms with E-state index in [4.69, 9.17) is 15.2 Å². The van der Waals surface area contributed by atoms with Crippen molar-refractivity contribution in [1.82, 2.24) is 0 Å². The first-order valence-corrected chi connectivity index (χ1v) is 12.3. The minimum atomic E-state index is -1.11. The molecule has 1 unspecified atom stereocenters. The van der Waals surface area contributed by atoms with Crippen LogP contribution in [0.5, 0.6) is 11.5 Å². The third-order valence-corrected chi connectivity index (χ3v) is 7.23. The fraction of sp³-hybridized carbons (Fsp3) is 0.367. The predicted octanol–water partition coefficient (Wildman–Crippen LogP) is 6.70. The van der Waals surface area contributed by atoms with Crippen LogP contribution in [0.1, 0.15) is 72.9 Å². The number of hydrogen-bond donors (Lipinski definition) is 1. The quantitative estimate of drug-likeness (QED) is 0.416. The van der Waals surface area contributed by atoms with Gasteiger partial charge in [0.25, 0.3) is 5.91 Å². The second-order valence-electron chi connectivity index (χ2n) is 10.4. The van der Waals surface area contributed by atoms with Crippen LogP contribution >= 0.6 is 0 Å². The molecule has 5 rings (SSSR count). The van der Waals surface area contributed by atoms with Crippen LogP contribution in [0.3, 0.4) is 0 Å². The molecule has 0 saturated heterocycles. The largest absolute Gasteiger partial charge is 0.486 e. The summed E-state index contributed by atoms with van der Waals surface area (Å²) in [5.74, 6) is 1.31. The van der Waals surface area contributed by atoms with E-state index in [0.717, 1.165) is 46.4 Å². The molecule has 1 saturated carbocycles. The number of rotatable bonds is 7. The molecule has 2 N–H and O–H groups in total. The molecule has 1 fully saturated rings. The molecule has 0 bridgehead atoms. The van der Waals surface area contributed by atoms with E-state index in [1.54, 1.807) is 19.9 Å². The monoisotopic (exact) mass is 473 g/mol. The van der Waals surface area contributed by atoms with Gasteiger partial charge in [-0.2, -0.15) is 0 Å². The number of carbonyl (C=O) groups excluding carboxylic acids is 1. The van der Waals surface area contributed by atoms with Crippen molar-refractivity contribution < 1.29 is 18.7 Å². The Kier molecular flexibility index (Phi) is 5.82. The maximum atomic E-state index is 15.1. The topological polar surface area (TPSA) is 61.5 Å². The highest BCUT2D eigenvalue weighted by Gasteiger charge is 2.32. The summed E-state index contributed by atoms with van der Waals surface area (Å²) in [5.41, 5.74) is 11.4. The Morgan fingerprint density at radius 1 is 0.971 bits per heavy atom. The normalized spacial score (nSPS) is 17.2. The van der Waals surface area contributed by atoms with Gasteiger partial charge in [0, 0.05) is 5.56 Å². The first-order chi connectivity index (χ1) is 16.6. The molecular weight excluding hydrogens is 441 g/mol. The molecule has 0 aliphatic heterocycles. The molecule has 1 atom stereocenters. The predicted molar refractivity (Wildman–Crippen MR) is 135 cm³/mol. The summed E-state index contributed by atoms with van der Waals surface area (Å²) in [4.78, 5) is 11.7. The van der Waals surface area contributed by atoms with Gasteiger partial charge in [-0.1, -0.05) is 18.2 Å². The van der Waals surface area contributed by atoms with E-state index in [-0.39, 0.29) is 11.9 Å². The molecule has 4 nitrogen and oxygen atoms in total.